The molecule has 0 saturated carbocycles. The van der Waals surface area contributed by atoms with Crippen molar-refractivity contribution >= 4 is 22.1 Å². The van der Waals surface area contributed by atoms with Gasteiger partial charge in [-0.15, -0.1) is 0 Å². The molecule has 6 aromatic rings. The number of rotatable bonds is 5. The van der Waals surface area contributed by atoms with E-state index in [0.29, 0.717) is 0 Å². The minimum absolute atomic E-state index is 0.976. The van der Waals surface area contributed by atoms with Crippen molar-refractivity contribution < 1.29 is 0 Å². The number of hydrogen-bond acceptors (Lipinski definition) is 2. The van der Waals surface area contributed by atoms with E-state index in [1.807, 2.05) is 12.1 Å². The second-order valence-corrected chi connectivity index (χ2v) is 8.96. The summed E-state index contributed by atoms with van der Waals surface area (Å²) in [4.78, 5) is 7.26. The summed E-state index contributed by atoms with van der Waals surface area (Å²) >= 11 is 0. The molecule has 1 heterocycles. The normalized spacial score (nSPS) is 10.9. The van der Waals surface area contributed by atoms with E-state index < -0.39 is 0 Å². The molecule has 2 nitrogen and oxygen atoms in total. The number of fused-ring (bicyclic) bond motifs is 1. The van der Waals surface area contributed by atoms with Crippen molar-refractivity contribution in [2.24, 2.45) is 0 Å². The second-order valence-electron chi connectivity index (χ2n) is 8.96. The summed E-state index contributed by atoms with van der Waals surface area (Å²) in [6.45, 7) is 0. The number of anilines is 2. The van der Waals surface area contributed by atoms with Crippen LogP contribution in [0.25, 0.3) is 44.4 Å². The first-order chi connectivity index (χ1) is 17.8. The van der Waals surface area contributed by atoms with Crippen LogP contribution in [0.2, 0.25) is 0 Å². The Balaban J connectivity index is 1.39. The first-order valence-electron chi connectivity index (χ1n) is 12.2. The summed E-state index contributed by atoms with van der Waals surface area (Å²) < 4.78 is 0. The van der Waals surface area contributed by atoms with E-state index in [4.69, 9.17) is 4.98 Å². The maximum absolute atomic E-state index is 5.01. The third-order valence-corrected chi connectivity index (χ3v) is 6.68. The molecule has 0 aliphatic rings. The molecule has 0 N–H and O–H groups in total. The lowest BCUT2D eigenvalue weighted by molar-refractivity contribution is 1.22. The van der Waals surface area contributed by atoms with Gasteiger partial charge in [0, 0.05) is 34.9 Å². The molecule has 0 aliphatic carbocycles. The second kappa shape index (κ2) is 9.52. The summed E-state index contributed by atoms with van der Waals surface area (Å²) in [5.41, 5.74) is 8.85. The van der Waals surface area contributed by atoms with Gasteiger partial charge in [0.1, 0.15) is 0 Å². The predicted octanol–water partition coefficient (Wildman–Crippen LogP) is 9.00. The Morgan fingerprint density at radius 1 is 0.472 bits per heavy atom. The van der Waals surface area contributed by atoms with E-state index >= 15 is 0 Å². The zero-order valence-corrected chi connectivity index (χ0v) is 20.2. The molecule has 0 radical (unpaired) electrons. The van der Waals surface area contributed by atoms with Gasteiger partial charge in [-0.05, 0) is 46.8 Å². The maximum atomic E-state index is 5.01. The standard InChI is InChI=1S/C34H26N2/c1-36(34-18-10-16-26-11-8-9-17-31(26)34)30-21-19-25(20-22-30)29-23-32(27-12-4-2-5-13-27)35-33(24-29)28-14-6-3-7-15-28/h2-24H,1H3. The first-order valence-corrected chi connectivity index (χ1v) is 12.2. The molecule has 0 unspecified atom stereocenters. The zero-order chi connectivity index (χ0) is 24.3. The highest BCUT2D eigenvalue weighted by Gasteiger charge is 2.11. The van der Waals surface area contributed by atoms with E-state index in [-0.39, 0.29) is 0 Å². The minimum atomic E-state index is 0.976. The van der Waals surface area contributed by atoms with Gasteiger partial charge < -0.3 is 4.90 Å². The lowest BCUT2D eigenvalue weighted by Crippen LogP contribution is -2.09. The van der Waals surface area contributed by atoms with E-state index in [1.54, 1.807) is 0 Å². The Morgan fingerprint density at radius 2 is 1.03 bits per heavy atom. The van der Waals surface area contributed by atoms with Gasteiger partial charge in [-0.1, -0.05) is 109 Å². The lowest BCUT2D eigenvalue weighted by Gasteiger charge is -2.22. The van der Waals surface area contributed by atoms with Crippen molar-refractivity contribution in [1.82, 2.24) is 4.98 Å². The quantitative estimate of drug-likeness (QED) is 0.254. The van der Waals surface area contributed by atoms with Gasteiger partial charge in [0.25, 0.3) is 0 Å². The van der Waals surface area contributed by atoms with Crippen LogP contribution in [0.1, 0.15) is 0 Å². The van der Waals surface area contributed by atoms with Crippen LogP contribution in [0.5, 0.6) is 0 Å². The average Bonchev–Trinajstić information content (AvgIpc) is 2.97. The summed E-state index contributed by atoms with van der Waals surface area (Å²) in [7, 11) is 2.13. The summed E-state index contributed by atoms with van der Waals surface area (Å²) in [5, 5.41) is 2.50. The topological polar surface area (TPSA) is 16.1 Å². The summed E-state index contributed by atoms with van der Waals surface area (Å²) in [5.74, 6) is 0. The van der Waals surface area contributed by atoms with Gasteiger partial charge in [-0.2, -0.15) is 0 Å². The van der Waals surface area contributed by atoms with Gasteiger partial charge in [0.2, 0.25) is 0 Å². The average molecular weight is 463 g/mol. The third-order valence-electron chi connectivity index (χ3n) is 6.68. The number of aromatic nitrogens is 1. The number of hydrogen-bond donors (Lipinski definition) is 0. The van der Waals surface area contributed by atoms with E-state index in [9.17, 15) is 0 Å². The van der Waals surface area contributed by atoms with Crippen LogP contribution in [0.4, 0.5) is 11.4 Å². The fourth-order valence-corrected chi connectivity index (χ4v) is 4.73. The summed E-state index contributed by atoms with van der Waals surface area (Å²) in [6, 6.07) is 48.9. The highest BCUT2D eigenvalue weighted by Crippen LogP contribution is 2.34. The first kappa shape index (κ1) is 21.8. The van der Waals surface area contributed by atoms with Crippen LogP contribution in [0.15, 0.2) is 140 Å². The van der Waals surface area contributed by atoms with Crippen molar-refractivity contribution in [2.75, 3.05) is 11.9 Å². The molecule has 36 heavy (non-hydrogen) atoms. The van der Waals surface area contributed by atoms with E-state index in [2.05, 4.69) is 139 Å². The Labute approximate surface area is 212 Å². The molecule has 0 aliphatic heterocycles. The Kier molecular flexibility index (Phi) is 5.77. The molecular weight excluding hydrogens is 436 g/mol. The minimum Gasteiger partial charge on any atom is -0.344 e. The SMILES string of the molecule is CN(c1ccc(-c2cc(-c3ccccc3)nc(-c3ccccc3)c2)cc1)c1cccc2ccccc12. The highest BCUT2D eigenvalue weighted by atomic mass is 15.1. The molecule has 0 saturated heterocycles. The van der Waals surface area contributed by atoms with Crippen molar-refractivity contribution in [3.05, 3.63) is 140 Å². The Bertz CT molecular complexity index is 1560. The van der Waals surface area contributed by atoms with Gasteiger partial charge in [-0.25, -0.2) is 4.98 Å². The van der Waals surface area contributed by atoms with Crippen molar-refractivity contribution in [3.63, 3.8) is 0 Å². The number of benzene rings is 5. The molecule has 0 atom stereocenters. The van der Waals surface area contributed by atoms with Crippen LogP contribution < -0.4 is 4.90 Å². The van der Waals surface area contributed by atoms with Gasteiger partial charge in [0.15, 0.2) is 0 Å². The number of nitrogens with zero attached hydrogens (tertiary/aromatic N) is 2. The molecule has 1 aromatic heterocycles. The smallest absolute Gasteiger partial charge is 0.0715 e. The van der Waals surface area contributed by atoms with Crippen LogP contribution in [0, 0.1) is 0 Å². The third kappa shape index (κ3) is 4.25. The molecular formula is C34H26N2. The molecule has 0 bridgehead atoms. The molecule has 0 fully saturated rings. The van der Waals surface area contributed by atoms with Crippen LogP contribution in [-0.4, -0.2) is 12.0 Å². The van der Waals surface area contributed by atoms with Gasteiger partial charge in [0.05, 0.1) is 11.4 Å². The monoisotopic (exact) mass is 462 g/mol. The molecule has 0 spiro atoms. The van der Waals surface area contributed by atoms with E-state index in [0.717, 1.165) is 33.8 Å². The zero-order valence-electron chi connectivity index (χ0n) is 20.2. The lowest BCUT2D eigenvalue weighted by atomic mass is 9.99. The summed E-state index contributed by atoms with van der Waals surface area (Å²) in [6.07, 6.45) is 0. The number of pyridine rings is 1. The maximum Gasteiger partial charge on any atom is 0.0715 e. The fraction of sp³-hybridized carbons (Fsp3) is 0.0294. The van der Waals surface area contributed by atoms with Crippen LogP contribution >= 0.6 is 0 Å². The molecule has 0 amide bonds. The van der Waals surface area contributed by atoms with Crippen molar-refractivity contribution in [2.45, 2.75) is 0 Å². The molecule has 2 heteroatoms. The largest absolute Gasteiger partial charge is 0.344 e. The molecule has 6 rings (SSSR count). The molecule has 5 aromatic carbocycles. The van der Waals surface area contributed by atoms with Crippen molar-refractivity contribution in [1.29, 1.82) is 0 Å². The molecule has 172 valence electrons. The highest BCUT2D eigenvalue weighted by molar-refractivity contribution is 5.96. The predicted molar refractivity (Wildman–Crippen MR) is 153 cm³/mol. The van der Waals surface area contributed by atoms with Crippen molar-refractivity contribution in [3.8, 4) is 33.6 Å². The van der Waals surface area contributed by atoms with Gasteiger partial charge >= 0.3 is 0 Å². The van der Waals surface area contributed by atoms with Crippen LogP contribution in [0.3, 0.4) is 0 Å². The Hall–Kier alpha value is -4.69. The Morgan fingerprint density at radius 3 is 1.67 bits per heavy atom. The van der Waals surface area contributed by atoms with Gasteiger partial charge in [-0.3, -0.25) is 0 Å². The fourth-order valence-electron chi connectivity index (χ4n) is 4.73. The van der Waals surface area contributed by atoms with E-state index in [1.165, 1.54) is 22.0 Å². The van der Waals surface area contributed by atoms with Crippen LogP contribution in [-0.2, 0) is 0 Å².